The van der Waals surface area contributed by atoms with Crippen LogP contribution in [0.25, 0.3) is 0 Å². The highest BCUT2D eigenvalue weighted by atomic mass is 19.1. The van der Waals surface area contributed by atoms with Gasteiger partial charge in [-0.25, -0.2) is 4.39 Å². The van der Waals surface area contributed by atoms with E-state index < -0.39 is 28.1 Å². The second kappa shape index (κ2) is 5.31. The molecule has 0 heterocycles. The van der Waals surface area contributed by atoms with Crippen molar-refractivity contribution in [3.05, 3.63) is 34.1 Å². The summed E-state index contributed by atoms with van der Waals surface area (Å²) in [6.45, 7) is 5.34. The Bertz CT molecular complexity index is 511. The van der Waals surface area contributed by atoms with Crippen LogP contribution in [0.4, 0.5) is 15.8 Å². The molecule has 0 fully saturated rings. The van der Waals surface area contributed by atoms with Crippen LogP contribution in [0.15, 0.2) is 18.2 Å². The van der Waals surface area contributed by atoms with Crippen LogP contribution in [-0.2, 0) is 4.79 Å². The highest BCUT2D eigenvalue weighted by Crippen LogP contribution is 2.22. The molecule has 1 aromatic rings. The molecule has 3 N–H and O–H groups in total. The second-order valence-corrected chi connectivity index (χ2v) is 5.25. The monoisotopic (exact) mass is 269 g/mol. The summed E-state index contributed by atoms with van der Waals surface area (Å²) < 4.78 is 13.6. The van der Waals surface area contributed by atoms with Crippen LogP contribution in [0.1, 0.15) is 20.8 Å². The number of nitrogens with zero attached hydrogens (tertiary/aromatic N) is 1. The summed E-state index contributed by atoms with van der Waals surface area (Å²) in [4.78, 5) is 21.5. The van der Waals surface area contributed by atoms with Gasteiger partial charge < -0.3 is 11.1 Å². The van der Waals surface area contributed by atoms with Crippen molar-refractivity contribution in [3.63, 3.8) is 0 Å². The molecule has 19 heavy (non-hydrogen) atoms. The first-order chi connectivity index (χ1) is 8.62. The highest BCUT2D eigenvalue weighted by molar-refractivity contribution is 5.95. The van der Waals surface area contributed by atoms with Gasteiger partial charge in [0.2, 0.25) is 5.91 Å². The third-order valence-electron chi connectivity index (χ3n) is 2.64. The van der Waals surface area contributed by atoms with Gasteiger partial charge in [0, 0.05) is 6.07 Å². The number of nitrogens with two attached hydrogens (primary N) is 1. The number of halogens is 1. The van der Waals surface area contributed by atoms with E-state index in [-0.39, 0.29) is 11.4 Å². The Morgan fingerprint density at radius 1 is 1.47 bits per heavy atom. The third kappa shape index (κ3) is 3.72. The molecule has 0 aliphatic rings. The number of nitro groups is 1. The van der Waals surface area contributed by atoms with E-state index in [0.29, 0.717) is 0 Å². The molecule has 0 spiro atoms. The lowest BCUT2D eigenvalue weighted by Crippen LogP contribution is -2.45. The zero-order chi connectivity index (χ0) is 14.8. The lowest BCUT2D eigenvalue weighted by Gasteiger charge is -2.25. The molecule has 0 bridgehead atoms. The van der Waals surface area contributed by atoms with Gasteiger partial charge in [0.15, 0.2) is 5.82 Å². The quantitative estimate of drug-likeness (QED) is 0.648. The summed E-state index contributed by atoms with van der Waals surface area (Å²) >= 11 is 0. The molecule has 0 saturated heterocycles. The average Bonchev–Trinajstić information content (AvgIpc) is 2.29. The van der Waals surface area contributed by atoms with E-state index in [2.05, 4.69) is 5.32 Å². The number of carbonyl (C=O) groups is 1. The molecule has 1 amide bonds. The molecule has 0 saturated carbocycles. The third-order valence-corrected chi connectivity index (χ3v) is 2.64. The summed E-state index contributed by atoms with van der Waals surface area (Å²) in [7, 11) is 0. The number of rotatable bonds is 3. The van der Waals surface area contributed by atoms with Crippen molar-refractivity contribution in [3.8, 4) is 0 Å². The maximum absolute atomic E-state index is 13.6. The molecule has 1 aromatic carbocycles. The number of anilines is 1. The molecule has 6 nitrogen and oxygen atoms in total. The molecule has 7 heteroatoms. The van der Waals surface area contributed by atoms with Crippen LogP contribution in [-0.4, -0.2) is 16.9 Å². The van der Waals surface area contributed by atoms with Gasteiger partial charge in [-0.15, -0.1) is 0 Å². The molecular formula is C12H16FN3O3. The zero-order valence-corrected chi connectivity index (χ0v) is 10.9. The van der Waals surface area contributed by atoms with Crippen LogP contribution < -0.4 is 11.1 Å². The number of non-ortho nitro benzene ring substituents is 1. The van der Waals surface area contributed by atoms with Gasteiger partial charge in [0.05, 0.1) is 22.7 Å². The predicted molar refractivity (Wildman–Crippen MR) is 69.1 cm³/mol. The van der Waals surface area contributed by atoms with Crippen molar-refractivity contribution >= 4 is 17.3 Å². The van der Waals surface area contributed by atoms with E-state index in [4.69, 9.17) is 5.73 Å². The number of amides is 1. The Kier molecular flexibility index (Phi) is 4.21. The van der Waals surface area contributed by atoms with Gasteiger partial charge in [0.25, 0.3) is 5.69 Å². The minimum Gasteiger partial charge on any atom is -0.322 e. The number of nitrogens with one attached hydrogen (secondary N) is 1. The fourth-order valence-corrected chi connectivity index (χ4v) is 1.32. The Morgan fingerprint density at radius 2 is 2.05 bits per heavy atom. The van der Waals surface area contributed by atoms with Crippen molar-refractivity contribution in [1.82, 2.24) is 0 Å². The maximum Gasteiger partial charge on any atom is 0.272 e. The smallest absolute Gasteiger partial charge is 0.272 e. The molecular weight excluding hydrogens is 253 g/mol. The normalized spacial score (nSPS) is 12.9. The summed E-state index contributed by atoms with van der Waals surface area (Å²) in [6, 6.07) is 2.18. The molecule has 1 rings (SSSR count). The minimum atomic E-state index is -0.872. The number of benzene rings is 1. The summed E-state index contributed by atoms with van der Waals surface area (Å²) in [6.07, 6.45) is 0. The van der Waals surface area contributed by atoms with Crippen molar-refractivity contribution < 1.29 is 14.1 Å². The second-order valence-electron chi connectivity index (χ2n) is 5.25. The summed E-state index contributed by atoms with van der Waals surface area (Å²) in [5.74, 6) is -1.41. The standard InChI is InChI=1S/C12H16FN3O3/c1-12(2,3)10(14)11(17)15-9-5-4-7(16(18)19)6-8(9)13/h4-6,10H,14H2,1-3H3,(H,15,17)/t10-/m1/s1. The van der Waals surface area contributed by atoms with Gasteiger partial charge >= 0.3 is 0 Å². The lowest BCUT2D eigenvalue weighted by molar-refractivity contribution is -0.385. The van der Waals surface area contributed by atoms with Crippen LogP contribution >= 0.6 is 0 Å². The molecule has 104 valence electrons. The van der Waals surface area contributed by atoms with Crippen molar-refractivity contribution in [1.29, 1.82) is 0 Å². The zero-order valence-electron chi connectivity index (χ0n) is 10.9. The largest absolute Gasteiger partial charge is 0.322 e. The van der Waals surface area contributed by atoms with E-state index in [1.165, 1.54) is 0 Å². The van der Waals surface area contributed by atoms with Gasteiger partial charge in [0.1, 0.15) is 0 Å². The number of carbonyl (C=O) groups excluding carboxylic acids is 1. The van der Waals surface area contributed by atoms with Crippen molar-refractivity contribution in [2.75, 3.05) is 5.32 Å². The fraction of sp³-hybridized carbons (Fsp3) is 0.417. The predicted octanol–water partition coefficient (Wildman–Crippen LogP) is 2.05. The summed E-state index contributed by atoms with van der Waals surface area (Å²) in [5, 5.41) is 12.8. The first-order valence-electron chi connectivity index (χ1n) is 5.63. The fourth-order valence-electron chi connectivity index (χ4n) is 1.32. The molecule has 0 unspecified atom stereocenters. The van der Waals surface area contributed by atoms with Crippen molar-refractivity contribution in [2.45, 2.75) is 26.8 Å². The first-order valence-corrected chi connectivity index (χ1v) is 5.63. The van der Waals surface area contributed by atoms with E-state index in [9.17, 15) is 19.3 Å². The minimum absolute atomic E-state index is 0.129. The van der Waals surface area contributed by atoms with E-state index >= 15 is 0 Å². The molecule has 1 atom stereocenters. The van der Waals surface area contributed by atoms with Crippen LogP contribution in [0.3, 0.4) is 0 Å². The SMILES string of the molecule is CC(C)(C)[C@H](N)C(=O)Nc1ccc([N+](=O)[O-])cc1F. The van der Waals surface area contributed by atoms with E-state index in [1.807, 2.05) is 0 Å². The molecule has 0 aliphatic carbocycles. The first kappa shape index (κ1) is 15.0. The molecule has 0 radical (unpaired) electrons. The van der Waals surface area contributed by atoms with Crippen molar-refractivity contribution in [2.24, 2.45) is 11.1 Å². The van der Waals surface area contributed by atoms with E-state index in [0.717, 1.165) is 18.2 Å². The number of hydrogen-bond donors (Lipinski definition) is 2. The van der Waals surface area contributed by atoms with Crippen LogP contribution in [0.5, 0.6) is 0 Å². The van der Waals surface area contributed by atoms with Crippen LogP contribution in [0.2, 0.25) is 0 Å². The van der Waals surface area contributed by atoms with E-state index in [1.54, 1.807) is 20.8 Å². The number of hydrogen-bond acceptors (Lipinski definition) is 4. The Balaban J connectivity index is 2.89. The molecule has 0 aromatic heterocycles. The Morgan fingerprint density at radius 3 is 2.47 bits per heavy atom. The summed E-state index contributed by atoms with van der Waals surface area (Å²) in [5.41, 5.74) is 4.75. The lowest BCUT2D eigenvalue weighted by atomic mass is 9.87. The Hall–Kier alpha value is -2.02. The van der Waals surface area contributed by atoms with Crippen LogP contribution in [0, 0.1) is 21.3 Å². The van der Waals surface area contributed by atoms with Gasteiger partial charge in [-0.2, -0.15) is 0 Å². The van der Waals surface area contributed by atoms with Gasteiger partial charge in [-0.3, -0.25) is 14.9 Å². The maximum atomic E-state index is 13.6. The topological polar surface area (TPSA) is 98.3 Å². The van der Waals surface area contributed by atoms with Gasteiger partial charge in [-0.05, 0) is 11.5 Å². The van der Waals surface area contributed by atoms with Gasteiger partial charge in [-0.1, -0.05) is 20.8 Å². The molecule has 0 aliphatic heterocycles. The number of nitro benzene ring substituents is 1. The highest BCUT2D eigenvalue weighted by Gasteiger charge is 2.28. The Labute approximate surface area is 109 Å². The average molecular weight is 269 g/mol.